The first-order valence-corrected chi connectivity index (χ1v) is 9.47. The number of amides is 2. The van der Waals surface area contributed by atoms with Crippen molar-refractivity contribution in [1.29, 1.82) is 0 Å². The van der Waals surface area contributed by atoms with Crippen LogP contribution in [0, 0.1) is 5.92 Å². The average Bonchev–Trinajstić information content (AvgIpc) is 2.74. The van der Waals surface area contributed by atoms with Crippen molar-refractivity contribution < 1.29 is 19.1 Å². The minimum atomic E-state index is -0.281. The number of halogens is 1. The van der Waals surface area contributed by atoms with Gasteiger partial charge in [-0.1, -0.05) is 11.6 Å². The van der Waals surface area contributed by atoms with Gasteiger partial charge in [0.25, 0.3) is 5.91 Å². The van der Waals surface area contributed by atoms with Gasteiger partial charge in [0.2, 0.25) is 5.91 Å². The van der Waals surface area contributed by atoms with Gasteiger partial charge in [-0.2, -0.15) is 0 Å². The van der Waals surface area contributed by atoms with Crippen molar-refractivity contribution in [2.24, 2.45) is 5.92 Å². The van der Waals surface area contributed by atoms with Gasteiger partial charge in [0, 0.05) is 29.7 Å². The number of likely N-dealkylation sites (tertiary alicyclic amines) is 1. The molecule has 28 heavy (non-hydrogen) atoms. The Balaban J connectivity index is 1.67. The first-order valence-electron chi connectivity index (χ1n) is 9.09. The minimum absolute atomic E-state index is 0.0869. The Bertz CT molecular complexity index is 854. The maximum absolute atomic E-state index is 12.8. The van der Waals surface area contributed by atoms with Crippen LogP contribution in [-0.4, -0.2) is 44.0 Å². The SMILES string of the molecule is COc1ccc(NC(=O)C2CCCN(C(=O)c3ccc(Cl)cc3)C2)c(OC)c1. The zero-order valence-electron chi connectivity index (χ0n) is 15.9. The molecule has 7 heteroatoms. The van der Waals surface area contributed by atoms with Crippen LogP contribution in [0.1, 0.15) is 23.2 Å². The Labute approximate surface area is 169 Å². The second kappa shape index (κ2) is 8.97. The number of benzene rings is 2. The largest absolute Gasteiger partial charge is 0.497 e. The molecule has 3 rings (SSSR count). The van der Waals surface area contributed by atoms with Crippen LogP contribution in [0.25, 0.3) is 0 Å². The fourth-order valence-corrected chi connectivity index (χ4v) is 3.41. The number of carbonyl (C=O) groups excluding carboxylic acids is 2. The van der Waals surface area contributed by atoms with Gasteiger partial charge < -0.3 is 19.7 Å². The molecule has 0 saturated carbocycles. The Morgan fingerprint density at radius 2 is 1.86 bits per heavy atom. The Hall–Kier alpha value is -2.73. The summed E-state index contributed by atoms with van der Waals surface area (Å²) in [7, 11) is 3.11. The smallest absolute Gasteiger partial charge is 0.253 e. The zero-order chi connectivity index (χ0) is 20.1. The predicted octanol–water partition coefficient (Wildman–Crippen LogP) is 3.85. The van der Waals surface area contributed by atoms with Crippen LogP contribution in [0.5, 0.6) is 11.5 Å². The molecule has 148 valence electrons. The van der Waals surface area contributed by atoms with Crippen molar-refractivity contribution in [1.82, 2.24) is 4.90 Å². The van der Waals surface area contributed by atoms with Crippen molar-refractivity contribution in [3.63, 3.8) is 0 Å². The summed E-state index contributed by atoms with van der Waals surface area (Å²) in [5.41, 5.74) is 1.15. The molecule has 1 saturated heterocycles. The highest BCUT2D eigenvalue weighted by atomic mass is 35.5. The number of carbonyl (C=O) groups is 2. The van der Waals surface area contributed by atoms with E-state index < -0.39 is 0 Å². The van der Waals surface area contributed by atoms with Crippen molar-refractivity contribution in [2.75, 3.05) is 32.6 Å². The second-order valence-corrected chi connectivity index (χ2v) is 7.09. The number of piperidine rings is 1. The van der Waals surface area contributed by atoms with Crippen LogP contribution in [0.3, 0.4) is 0 Å². The summed E-state index contributed by atoms with van der Waals surface area (Å²) in [4.78, 5) is 27.2. The Morgan fingerprint density at radius 1 is 1.11 bits per heavy atom. The van der Waals surface area contributed by atoms with E-state index in [-0.39, 0.29) is 17.7 Å². The van der Waals surface area contributed by atoms with Gasteiger partial charge in [-0.3, -0.25) is 9.59 Å². The van der Waals surface area contributed by atoms with Crippen LogP contribution in [-0.2, 0) is 4.79 Å². The predicted molar refractivity (Wildman–Crippen MR) is 108 cm³/mol. The van der Waals surface area contributed by atoms with E-state index in [1.54, 1.807) is 54.5 Å². The van der Waals surface area contributed by atoms with Crippen LogP contribution in [0.4, 0.5) is 5.69 Å². The first-order chi connectivity index (χ1) is 13.5. The molecule has 1 aliphatic rings. The topological polar surface area (TPSA) is 67.9 Å². The molecule has 1 fully saturated rings. The fraction of sp³-hybridized carbons (Fsp3) is 0.333. The number of methoxy groups -OCH3 is 2. The molecule has 2 aromatic carbocycles. The van der Waals surface area contributed by atoms with E-state index in [1.807, 2.05) is 0 Å². The molecule has 1 aliphatic heterocycles. The summed E-state index contributed by atoms with van der Waals surface area (Å²) < 4.78 is 10.5. The van der Waals surface area contributed by atoms with E-state index in [0.717, 1.165) is 12.8 Å². The normalized spacial score (nSPS) is 16.4. The molecular formula is C21H23ClN2O4. The summed E-state index contributed by atoms with van der Waals surface area (Å²) in [5.74, 6) is 0.676. The maximum atomic E-state index is 12.8. The van der Waals surface area contributed by atoms with Gasteiger partial charge in [0.1, 0.15) is 11.5 Å². The van der Waals surface area contributed by atoms with E-state index in [9.17, 15) is 9.59 Å². The lowest BCUT2D eigenvalue weighted by atomic mass is 9.96. The van der Waals surface area contributed by atoms with E-state index in [4.69, 9.17) is 21.1 Å². The summed E-state index contributed by atoms with van der Waals surface area (Å²) in [6.45, 7) is 1.02. The van der Waals surface area contributed by atoms with Crippen molar-refractivity contribution >= 4 is 29.1 Å². The average molecular weight is 403 g/mol. The number of nitrogens with one attached hydrogen (secondary N) is 1. The summed E-state index contributed by atoms with van der Waals surface area (Å²) in [6.07, 6.45) is 1.51. The molecule has 0 bridgehead atoms. The first kappa shape index (κ1) is 20.0. The number of hydrogen-bond acceptors (Lipinski definition) is 4. The lowest BCUT2D eigenvalue weighted by Gasteiger charge is -2.32. The van der Waals surface area contributed by atoms with Crippen LogP contribution in [0.15, 0.2) is 42.5 Å². The molecule has 0 aliphatic carbocycles. The number of rotatable bonds is 5. The molecule has 1 unspecified atom stereocenters. The van der Waals surface area contributed by atoms with Gasteiger partial charge in [-0.05, 0) is 49.2 Å². The van der Waals surface area contributed by atoms with Gasteiger partial charge in [-0.15, -0.1) is 0 Å². The zero-order valence-corrected chi connectivity index (χ0v) is 16.7. The fourth-order valence-electron chi connectivity index (χ4n) is 3.29. The minimum Gasteiger partial charge on any atom is -0.497 e. The van der Waals surface area contributed by atoms with Gasteiger partial charge in [0.05, 0.1) is 25.8 Å². The van der Waals surface area contributed by atoms with Crippen LogP contribution in [0.2, 0.25) is 5.02 Å². The molecule has 0 radical (unpaired) electrons. The van der Waals surface area contributed by atoms with E-state index in [1.165, 1.54) is 7.11 Å². The molecule has 1 atom stereocenters. The van der Waals surface area contributed by atoms with Crippen LogP contribution >= 0.6 is 11.6 Å². The molecule has 0 spiro atoms. The Morgan fingerprint density at radius 3 is 2.54 bits per heavy atom. The van der Waals surface area contributed by atoms with Gasteiger partial charge in [-0.25, -0.2) is 0 Å². The van der Waals surface area contributed by atoms with Crippen molar-refractivity contribution in [2.45, 2.75) is 12.8 Å². The highest BCUT2D eigenvalue weighted by molar-refractivity contribution is 6.30. The highest BCUT2D eigenvalue weighted by Crippen LogP contribution is 2.30. The highest BCUT2D eigenvalue weighted by Gasteiger charge is 2.29. The molecule has 1 heterocycles. The monoisotopic (exact) mass is 402 g/mol. The number of nitrogens with zero attached hydrogens (tertiary/aromatic N) is 1. The third kappa shape index (κ3) is 4.57. The standard InChI is InChI=1S/C21H23ClN2O4/c1-27-17-9-10-18(19(12-17)28-2)23-20(25)15-4-3-11-24(13-15)21(26)14-5-7-16(22)8-6-14/h5-10,12,15H,3-4,11,13H2,1-2H3,(H,23,25). The van der Waals surface area contributed by atoms with E-state index in [0.29, 0.717) is 40.9 Å². The lowest BCUT2D eigenvalue weighted by Crippen LogP contribution is -2.43. The number of hydrogen-bond donors (Lipinski definition) is 1. The van der Waals surface area contributed by atoms with Gasteiger partial charge in [0.15, 0.2) is 0 Å². The third-order valence-electron chi connectivity index (χ3n) is 4.84. The van der Waals surface area contributed by atoms with E-state index in [2.05, 4.69) is 5.32 Å². The maximum Gasteiger partial charge on any atom is 0.253 e. The molecule has 0 aromatic heterocycles. The molecule has 2 aromatic rings. The second-order valence-electron chi connectivity index (χ2n) is 6.65. The Kier molecular flexibility index (Phi) is 6.41. The summed E-state index contributed by atoms with van der Waals surface area (Å²) >= 11 is 5.89. The van der Waals surface area contributed by atoms with Crippen LogP contribution < -0.4 is 14.8 Å². The molecule has 1 N–H and O–H groups in total. The van der Waals surface area contributed by atoms with Crippen molar-refractivity contribution in [3.05, 3.63) is 53.1 Å². The van der Waals surface area contributed by atoms with Gasteiger partial charge >= 0.3 is 0 Å². The molecule has 6 nitrogen and oxygen atoms in total. The third-order valence-corrected chi connectivity index (χ3v) is 5.09. The number of anilines is 1. The van der Waals surface area contributed by atoms with Crippen molar-refractivity contribution in [3.8, 4) is 11.5 Å². The lowest BCUT2D eigenvalue weighted by molar-refractivity contribution is -0.121. The van der Waals surface area contributed by atoms with E-state index >= 15 is 0 Å². The summed E-state index contributed by atoms with van der Waals surface area (Å²) in [5, 5.41) is 3.50. The molecule has 2 amide bonds. The summed E-state index contributed by atoms with van der Waals surface area (Å²) in [6, 6.07) is 12.0. The molecular weight excluding hydrogens is 380 g/mol. The quantitative estimate of drug-likeness (QED) is 0.824. The number of ether oxygens (including phenoxy) is 2.